The minimum atomic E-state index is -1.12. The molecule has 0 bridgehead atoms. The number of carboxylic acid groups (broad SMARTS) is 1. The maximum atomic E-state index is 12.6. The first-order valence-electron chi connectivity index (χ1n) is 15.7. The molecule has 2 amide bonds. The van der Waals surface area contributed by atoms with Crippen LogP contribution in [0.3, 0.4) is 0 Å². The quantitative estimate of drug-likeness (QED) is 0.0934. The van der Waals surface area contributed by atoms with E-state index < -0.39 is 23.9 Å². The molecule has 0 unspecified atom stereocenters. The Kier molecular flexibility index (Phi) is 15.5. The van der Waals surface area contributed by atoms with Gasteiger partial charge in [0, 0.05) is 43.1 Å². The Morgan fingerprint density at radius 3 is 2.23 bits per heavy atom. The Morgan fingerprint density at radius 1 is 0.851 bits per heavy atom. The number of carbonyl (C=O) groups excluding carboxylic acids is 3. The molecule has 250 valence electrons. The molecule has 0 radical (unpaired) electrons. The lowest BCUT2D eigenvalue weighted by Gasteiger charge is -2.17. The van der Waals surface area contributed by atoms with Crippen LogP contribution in [-0.4, -0.2) is 65.9 Å². The number of amides is 2. The number of aliphatic carboxylic acids is 1. The molecule has 0 heterocycles. The molecule has 4 N–H and O–H groups in total. The van der Waals surface area contributed by atoms with Crippen LogP contribution in [0.4, 0.5) is 4.79 Å². The molecule has 0 aliphatic rings. The predicted molar refractivity (Wildman–Crippen MR) is 178 cm³/mol. The number of carbonyl (C=O) groups is 4. The number of aromatic hydroxyl groups is 1. The summed E-state index contributed by atoms with van der Waals surface area (Å²) in [7, 11) is 1.55. The van der Waals surface area contributed by atoms with Crippen LogP contribution in [0.2, 0.25) is 0 Å². The number of rotatable bonds is 20. The number of hydrogen-bond donors (Lipinski definition) is 4. The van der Waals surface area contributed by atoms with Crippen molar-refractivity contribution in [3.05, 3.63) is 95.6 Å². The van der Waals surface area contributed by atoms with Crippen LogP contribution in [0.15, 0.2) is 83.9 Å². The zero-order valence-corrected chi connectivity index (χ0v) is 26.7. The first kappa shape index (κ1) is 36.3. The molecule has 11 nitrogen and oxygen atoms in total. The lowest BCUT2D eigenvalue weighted by atomic mass is 10.0. The number of methoxy groups -OCH3 is 1. The molecule has 1 atom stereocenters. The van der Waals surface area contributed by atoms with E-state index in [0.717, 1.165) is 36.8 Å². The zero-order valence-electron chi connectivity index (χ0n) is 26.7. The third kappa shape index (κ3) is 13.4. The van der Waals surface area contributed by atoms with Crippen LogP contribution >= 0.6 is 0 Å². The second kappa shape index (κ2) is 20.0. The fourth-order valence-corrected chi connectivity index (χ4v) is 4.76. The summed E-state index contributed by atoms with van der Waals surface area (Å²) in [5, 5.41) is 24.8. The van der Waals surface area contributed by atoms with E-state index in [2.05, 4.69) is 10.6 Å². The number of hydrogen-bond acceptors (Lipinski definition) is 8. The molecule has 0 aromatic heterocycles. The third-order valence-corrected chi connectivity index (χ3v) is 7.32. The number of ether oxygens (including phenoxy) is 2. The van der Waals surface area contributed by atoms with Gasteiger partial charge in [-0.05, 0) is 37.0 Å². The SMILES string of the molecule is COc1ccc(C(=NCCCCCCNC(=O)CC[C@H](NC(=O)OCc2ccccc2)C(=O)CCC(=O)O)c2ccccc2)c(O)c1. The molecule has 0 saturated carbocycles. The Labute approximate surface area is 275 Å². The maximum Gasteiger partial charge on any atom is 0.408 e. The second-order valence-electron chi connectivity index (χ2n) is 10.9. The summed E-state index contributed by atoms with van der Waals surface area (Å²) in [5.74, 6) is -1.21. The minimum absolute atomic E-state index is 0.00992. The zero-order chi connectivity index (χ0) is 33.9. The Bertz CT molecular complexity index is 1480. The number of phenolic OH excluding ortho intramolecular Hbond substituents is 1. The van der Waals surface area contributed by atoms with Gasteiger partial charge in [-0.25, -0.2) is 4.79 Å². The first-order chi connectivity index (χ1) is 22.8. The lowest BCUT2D eigenvalue weighted by Crippen LogP contribution is -2.42. The fraction of sp³-hybridized carbons (Fsp3) is 0.361. The van der Waals surface area contributed by atoms with E-state index >= 15 is 0 Å². The lowest BCUT2D eigenvalue weighted by molar-refractivity contribution is -0.138. The van der Waals surface area contributed by atoms with Crippen molar-refractivity contribution in [1.82, 2.24) is 10.6 Å². The van der Waals surface area contributed by atoms with Crippen molar-refractivity contribution in [3.8, 4) is 11.5 Å². The van der Waals surface area contributed by atoms with Gasteiger partial charge >= 0.3 is 12.1 Å². The summed E-state index contributed by atoms with van der Waals surface area (Å²) in [6, 6.07) is 22.8. The molecule has 0 saturated heterocycles. The molecule has 11 heteroatoms. The second-order valence-corrected chi connectivity index (χ2v) is 10.9. The fourth-order valence-electron chi connectivity index (χ4n) is 4.76. The van der Waals surface area contributed by atoms with Crippen LogP contribution < -0.4 is 15.4 Å². The maximum absolute atomic E-state index is 12.6. The molecule has 0 spiro atoms. The van der Waals surface area contributed by atoms with E-state index in [4.69, 9.17) is 19.6 Å². The van der Waals surface area contributed by atoms with Gasteiger partial charge in [0.2, 0.25) is 5.91 Å². The number of nitrogens with zero attached hydrogens (tertiary/aromatic N) is 1. The average Bonchev–Trinajstić information content (AvgIpc) is 3.08. The average molecular weight is 646 g/mol. The van der Waals surface area contributed by atoms with Crippen molar-refractivity contribution in [2.24, 2.45) is 4.99 Å². The van der Waals surface area contributed by atoms with Crippen molar-refractivity contribution in [2.45, 2.75) is 64.0 Å². The molecule has 0 fully saturated rings. The van der Waals surface area contributed by atoms with Crippen LogP contribution in [0.1, 0.15) is 68.1 Å². The highest BCUT2D eigenvalue weighted by Crippen LogP contribution is 2.26. The molecule has 47 heavy (non-hydrogen) atoms. The first-order valence-corrected chi connectivity index (χ1v) is 15.7. The van der Waals surface area contributed by atoms with Crippen molar-refractivity contribution < 1.29 is 38.9 Å². The number of benzene rings is 3. The minimum Gasteiger partial charge on any atom is -0.507 e. The number of aliphatic imine (C=N–C) groups is 1. The summed E-state index contributed by atoms with van der Waals surface area (Å²) in [5.41, 5.74) is 3.01. The number of nitrogens with one attached hydrogen (secondary N) is 2. The van der Waals surface area contributed by atoms with Gasteiger partial charge in [0.25, 0.3) is 0 Å². The highest BCUT2D eigenvalue weighted by Gasteiger charge is 2.23. The number of carboxylic acids is 1. The molecule has 0 aliphatic carbocycles. The van der Waals surface area contributed by atoms with Crippen LogP contribution in [0.25, 0.3) is 0 Å². The number of Topliss-reactive ketones (excluding diaryl/α,β-unsaturated/α-hetero) is 1. The number of alkyl carbamates (subject to hydrolysis) is 1. The number of unbranched alkanes of at least 4 members (excludes halogenated alkanes) is 3. The molecular weight excluding hydrogens is 602 g/mol. The van der Waals surface area contributed by atoms with Gasteiger partial charge in [0.1, 0.15) is 18.1 Å². The largest absolute Gasteiger partial charge is 0.507 e. The van der Waals surface area contributed by atoms with E-state index in [1.54, 1.807) is 37.4 Å². The predicted octanol–water partition coefficient (Wildman–Crippen LogP) is 5.42. The van der Waals surface area contributed by atoms with Gasteiger partial charge in [0.15, 0.2) is 5.78 Å². The summed E-state index contributed by atoms with van der Waals surface area (Å²) in [6.07, 6.45) is 1.90. The van der Waals surface area contributed by atoms with Gasteiger partial charge in [0.05, 0.1) is 25.3 Å². The van der Waals surface area contributed by atoms with Crippen molar-refractivity contribution in [3.63, 3.8) is 0 Å². The van der Waals surface area contributed by atoms with Crippen LogP contribution in [0.5, 0.6) is 11.5 Å². The van der Waals surface area contributed by atoms with Crippen molar-refractivity contribution >= 4 is 29.5 Å². The molecule has 0 aliphatic heterocycles. The van der Waals surface area contributed by atoms with E-state index in [1.165, 1.54) is 0 Å². The van der Waals surface area contributed by atoms with E-state index in [9.17, 15) is 24.3 Å². The standard InChI is InChI=1S/C36H43N3O8/c1-46-28-16-17-29(32(41)24-28)35(27-14-8-5-9-15-27)38-23-11-3-2-10-22-37-33(42)20-18-30(31(40)19-21-34(43)44)39-36(45)47-25-26-12-6-4-7-13-26/h4-9,12-17,24,30,41H,2-3,10-11,18-23,25H2,1H3,(H,37,42)(H,39,45)(H,43,44)/t30-/m0/s1. The van der Waals surface area contributed by atoms with Crippen LogP contribution in [0, 0.1) is 0 Å². The molecule has 3 rings (SSSR count). The molecular formula is C36H43N3O8. The molecule has 3 aromatic rings. The number of phenols is 1. The van der Waals surface area contributed by atoms with Crippen molar-refractivity contribution in [2.75, 3.05) is 20.2 Å². The van der Waals surface area contributed by atoms with E-state index in [1.807, 2.05) is 48.5 Å². The third-order valence-electron chi connectivity index (χ3n) is 7.32. The van der Waals surface area contributed by atoms with Crippen LogP contribution in [-0.2, 0) is 25.7 Å². The van der Waals surface area contributed by atoms with Gasteiger partial charge in [-0.3, -0.25) is 19.4 Å². The summed E-state index contributed by atoms with van der Waals surface area (Å²) in [4.78, 5) is 53.1. The highest BCUT2D eigenvalue weighted by atomic mass is 16.5. The molecule has 3 aromatic carbocycles. The Balaban J connectivity index is 1.40. The Morgan fingerprint density at radius 2 is 1.55 bits per heavy atom. The normalized spacial score (nSPS) is 11.7. The van der Waals surface area contributed by atoms with E-state index in [0.29, 0.717) is 30.1 Å². The Hall–Kier alpha value is -5.19. The smallest absolute Gasteiger partial charge is 0.408 e. The number of ketones is 1. The van der Waals surface area contributed by atoms with Crippen molar-refractivity contribution in [1.29, 1.82) is 0 Å². The van der Waals surface area contributed by atoms with Gasteiger partial charge in [-0.15, -0.1) is 0 Å². The topological polar surface area (TPSA) is 164 Å². The summed E-state index contributed by atoms with van der Waals surface area (Å²) >= 11 is 0. The van der Waals surface area contributed by atoms with Gasteiger partial charge in [-0.2, -0.15) is 0 Å². The highest BCUT2D eigenvalue weighted by molar-refractivity contribution is 6.14. The summed E-state index contributed by atoms with van der Waals surface area (Å²) in [6.45, 7) is 1.04. The summed E-state index contributed by atoms with van der Waals surface area (Å²) < 4.78 is 10.4. The van der Waals surface area contributed by atoms with E-state index in [-0.39, 0.29) is 43.9 Å². The van der Waals surface area contributed by atoms with Gasteiger partial charge in [-0.1, -0.05) is 73.5 Å². The van der Waals surface area contributed by atoms with Gasteiger partial charge < -0.3 is 30.3 Å². The monoisotopic (exact) mass is 645 g/mol.